The van der Waals surface area contributed by atoms with Gasteiger partial charge in [0, 0.05) is 29.2 Å². The molecule has 2 rings (SSSR count). The second kappa shape index (κ2) is 6.18. The first-order chi connectivity index (χ1) is 8.69. The van der Waals surface area contributed by atoms with Gasteiger partial charge < -0.3 is 5.73 Å². The van der Waals surface area contributed by atoms with E-state index in [1.54, 1.807) is 0 Å². The summed E-state index contributed by atoms with van der Waals surface area (Å²) in [7, 11) is 0. The first kappa shape index (κ1) is 13.3. The van der Waals surface area contributed by atoms with Crippen molar-refractivity contribution in [1.29, 1.82) is 0 Å². The minimum absolute atomic E-state index is 0.624. The van der Waals surface area contributed by atoms with E-state index >= 15 is 0 Å². The Morgan fingerprint density at radius 2 is 2.11 bits per heavy atom. The lowest BCUT2D eigenvalue weighted by atomic mass is 10.2. The molecule has 3 nitrogen and oxygen atoms in total. The maximum atomic E-state index is 6.18. The third kappa shape index (κ3) is 3.45. The lowest BCUT2D eigenvalue weighted by Crippen LogP contribution is -2.21. The van der Waals surface area contributed by atoms with E-state index in [0.717, 1.165) is 30.2 Å². The molecule has 0 spiro atoms. The zero-order valence-corrected chi connectivity index (χ0v) is 11.8. The molecular formula is C13H16ClN3S. The van der Waals surface area contributed by atoms with Gasteiger partial charge in [0.05, 0.1) is 0 Å². The monoisotopic (exact) mass is 281 g/mol. The highest BCUT2D eigenvalue weighted by Crippen LogP contribution is 2.20. The molecule has 0 bridgehead atoms. The third-order valence-electron chi connectivity index (χ3n) is 2.75. The maximum absolute atomic E-state index is 6.18. The highest BCUT2D eigenvalue weighted by Gasteiger charge is 2.09. The first-order valence-electron chi connectivity index (χ1n) is 5.85. The van der Waals surface area contributed by atoms with Gasteiger partial charge in [-0.2, -0.15) is 0 Å². The Kier molecular flexibility index (Phi) is 4.58. The van der Waals surface area contributed by atoms with Crippen LogP contribution in [0.25, 0.3) is 0 Å². The van der Waals surface area contributed by atoms with E-state index in [2.05, 4.69) is 22.9 Å². The number of nitrogen functional groups attached to an aromatic ring is 1. The van der Waals surface area contributed by atoms with Crippen LogP contribution in [0.5, 0.6) is 0 Å². The number of hydrogen-bond donors (Lipinski definition) is 1. The van der Waals surface area contributed by atoms with Crippen molar-refractivity contribution < 1.29 is 0 Å². The van der Waals surface area contributed by atoms with E-state index < -0.39 is 0 Å². The molecule has 0 fully saturated rings. The summed E-state index contributed by atoms with van der Waals surface area (Å²) in [6, 6.07) is 7.95. The fourth-order valence-corrected chi connectivity index (χ4v) is 2.69. The van der Waals surface area contributed by atoms with Gasteiger partial charge in [0.2, 0.25) is 0 Å². The Morgan fingerprint density at radius 1 is 1.33 bits per heavy atom. The molecule has 2 aromatic rings. The summed E-state index contributed by atoms with van der Waals surface area (Å²) in [6.07, 6.45) is 1.84. The summed E-state index contributed by atoms with van der Waals surface area (Å²) in [5, 5.41) is 1.44. The molecule has 18 heavy (non-hydrogen) atoms. The molecular weight excluding hydrogens is 266 g/mol. The van der Waals surface area contributed by atoms with Gasteiger partial charge in [0.25, 0.3) is 0 Å². The summed E-state index contributed by atoms with van der Waals surface area (Å²) in [5.74, 6) is 0. The van der Waals surface area contributed by atoms with Crippen LogP contribution in [0.1, 0.15) is 17.4 Å². The molecule has 0 aliphatic carbocycles. The summed E-state index contributed by atoms with van der Waals surface area (Å²) in [6.45, 7) is 4.80. The zero-order chi connectivity index (χ0) is 13.0. The molecule has 0 saturated heterocycles. The van der Waals surface area contributed by atoms with Crippen LogP contribution >= 0.6 is 22.9 Å². The van der Waals surface area contributed by atoms with E-state index in [-0.39, 0.29) is 0 Å². The van der Waals surface area contributed by atoms with Crippen LogP contribution in [0.15, 0.2) is 30.5 Å². The largest absolute Gasteiger partial charge is 0.375 e. The van der Waals surface area contributed by atoms with Crippen LogP contribution in [-0.4, -0.2) is 16.4 Å². The molecule has 0 saturated carbocycles. The van der Waals surface area contributed by atoms with E-state index in [0.29, 0.717) is 5.13 Å². The molecule has 5 heteroatoms. The fourth-order valence-electron chi connectivity index (χ4n) is 1.76. The predicted molar refractivity (Wildman–Crippen MR) is 77.8 cm³/mol. The second-order valence-corrected chi connectivity index (χ2v) is 5.61. The first-order valence-corrected chi connectivity index (χ1v) is 7.04. The van der Waals surface area contributed by atoms with E-state index in [1.807, 2.05) is 24.4 Å². The van der Waals surface area contributed by atoms with Gasteiger partial charge in [-0.15, -0.1) is 11.3 Å². The SMILES string of the molecule is CCN(Cc1cnc(N)s1)Cc1ccccc1Cl. The van der Waals surface area contributed by atoms with Crippen molar-refractivity contribution in [2.45, 2.75) is 20.0 Å². The molecule has 0 unspecified atom stereocenters. The van der Waals surface area contributed by atoms with Gasteiger partial charge in [-0.1, -0.05) is 36.7 Å². The molecule has 96 valence electrons. The Labute approximate surface area is 116 Å². The van der Waals surface area contributed by atoms with E-state index in [4.69, 9.17) is 17.3 Å². The van der Waals surface area contributed by atoms with Gasteiger partial charge in [0.1, 0.15) is 0 Å². The van der Waals surface area contributed by atoms with Crippen LogP contribution in [0.2, 0.25) is 5.02 Å². The van der Waals surface area contributed by atoms with Crippen molar-refractivity contribution in [1.82, 2.24) is 9.88 Å². The van der Waals surface area contributed by atoms with Crippen LogP contribution in [-0.2, 0) is 13.1 Å². The summed E-state index contributed by atoms with van der Waals surface area (Å²) >= 11 is 7.71. The molecule has 1 aromatic carbocycles. The fraction of sp³-hybridized carbons (Fsp3) is 0.308. The average Bonchev–Trinajstić information content (AvgIpc) is 2.76. The number of thiazole rings is 1. The van der Waals surface area contributed by atoms with Crippen molar-refractivity contribution >= 4 is 28.1 Å². The number of nitrogens with two attached hydrogens (primary N) is 1. The number of halogens is 1. The third-order valence-corrected chi connectivity index (χ3v) is 3.93. The Hall–Kier alpha value is -1.10. The quantitative estimate of drug-likeness (QED) is 0.913. The maximum Gasteiger partial charge on any atom is 0.180 e. The molecule has 0 radical (unpaired) electrons. The van der Waals surface area contributed by atoms with Crippen molar-refractivity contribution in [2.24, 2.45) is 0 Å². The number of hydrogen-bond acceptors (Lipinski definition) is 4. The van der Waals surface area contributed by atoms with Gasteiger partial charge in [-0.3, -0.25) is 4.90 Å². The predicted octanol–water partition coefficient (Wildman–Crippen LogP) is 3.40. The lowest BCUT2D eigenvalue weighted by Gasteiger charge is -2.20. The number of rotatable bonds is 5. The summed E-state index contributed by atoms with van der Waals surface area (Å²) in [5.41, 5.74) is 6.79. The Bertz CT molecular complexity index is 512. The summed E-state index contributed by atoms with van der Waals surface area (Å²) < 4.78 is 0. The van der Waals surface area contributed by atoms with Crippen LogP contribution in [0.4, 0.5) is 5.13 Å². The van der Waals surface area contributed by atoms with Gasteiger partial charge in [0.15, 0.2) is 5.13 Å². The molecule has 0 atom stereocenters. The number of benzene rings is 1. The Morgan fingerprint density at radius 3 is 2.72 bits per heavy atom. The second-order valence-electron chi connectivity index (χ2n) is 4.06. The minimum atomic E-state index is 0.624. The molecule has 1 heterocycles. The average molecular weight is 282 g/mol. The number of anilines is 1. The van der Waals surface area contributed by atoms with Gasteiger partial charge in [-0.25, -0.2) is 4.98 Å². The minimum Gasteiger partial charge on any atom is -0.375 e. The van der Waals surface area contributed by atoms with Crippen molar-refractivity contribution in [3.8, 4) is 0 Å². The highest BCUT2D eigenvalue weighted by molar-refractivity contribution is 7.15. The Balaban J connectivity index is 2.04. The van der Waals surface area contributed by atoms with E-state index in [9.17, 15) is 0 Å². The standard InChI is InChI=1S/C13H16ClN3S/c1-2-17(9-11-7-16-13(15)18-11)8-10-5-3-4-6-12(10)14/h3-7H,2,8-9H2,1H3,(H2,15,16). The smallest absolute Gasteiger partial charge is 0.180 e. The number of aromatic nitrogens is 1. The normalized spacial score (nSPS) is 11.1. The highest BCUT2D eigenvalue weighted by atomic mass is 35.5. The van der Waals surface area contributed by atoms with Crippen molar-refractivity contribution in [3.05, 3.63) is 45.9 Å². The van der Waals surface area contributed by atoms with Gasteiger partial charge >= 0.3 is 0 Å². The molecule has 1 aromatic heterocycles. The van der Waals surface area contributed by atoms with Crippen molar-refractivity contribution in [2.75, 3.05) is 12.3 Å². The lowest BCUT2D eigenvalue weighted by molar-refractivity contribution is 0.274. The molecule has 0 amide bonds. The van der Waals surface area contributed by atoms with Crippen LogP contribution in [0.3, 0.4) is 0 Å². The van der Waals surface area contributed by atoms with Gasteiger partial charge in [-0.05, 0) is 18.2 Å². The topological polar surface area (TPSA) is 42.2 Å². The molecule has 0 aliphatic heterocycles. The summed E-state index contributed by atoms with van der Waals surface area (Å²) in [4.78, 5) is 7.57. The van der Waals surface area contributed by atoms with Crippen LogP contribution < -0.4 is 5.73 Å². The molecule has 0 aliphatic rings. The van der Waals surface area contributed by atoms with E-state index in [1.165, 1.54) is 16.2 Å². The zero-order valence-electron chi connectivity index (χ0n) is 10.3. The number of nitrogens with zero attached hydrogens (tertiary/aromatic N) is 2. The van der Waals surface area contributed by atoms with Crippen LogP contribution in [0, 0.1) is 0 Å². The van der Waals surface area contributed by atoms with Crippen molar-refractivity contribution in [3.63, 3.8) is 0 Å². The molecule has 2 N–H and O–H groups in total.